The molecule has 2 aromatic carbocycles. The average Bonchev–Trinajstić information content (AvgIpc) is 3.15. The van der Waals surface area contributed by atoms with Crippen LogP contribution in [-0.2, 0) is 12.8 Å². The first-order valence-electron chi connectivity index (χ1n) is 8.07. The van der Waals surface area contributed by atoms with E-state index in [0.717, 1.165) is 0 Å². The Morgan fingerprint density at radius 3 is 2.46 bits per heavy atom. The van der Waals surface area contributed by atoms with Crippen LogP contribution in [0.2, 0.25) is 0 Å². The summed E-state index contributed by atoms with van der Waals surface area (Å²) in [6.07, 6.45) is -4.69. The van der Waals surface area contributed by atoms with Crippen molar-refractivity contribution in [1.82, 2.24) is 25.1 Å². The van der Waals surface area contributed by atoms with E-state index in [4.69, 9.17) is 4.74 Å². The zero-order valence-electron chi connectivity index (χ0n) is 14.1. The van der Waals surface area contributed by atoms with Gasteiger partial charge in [-0.25, -0.2) is 9.97 Å². The SMILES string of the molecule is Oc1ccc(-c2n[nH]c(COc3nc(C(F)(F)F)nc4ccccc34)n2)cc1. The Kier molecular flexibility index (Phi) is 4.30. The van der Waals surface area contributed by atoms with Crippen LogP contribution in [0.4, 0.5) is 13.2 Å². The van der Waals surface area contributed by atoms with E-state index in [0.29, 0.717) is 22.6 Å². The van der Waals surface area contributed by atoms with Crippen LogP contribution in [0.3, 0.4) is 0 Å². The molecule has 0 saturated heterocycles. The number of aromatic amines is 1. The summed E-state index contributed by atoms with van der Waals surface area (Å²) in [5.41, 5.74) is 0.786. The van der Waals surface area contributed by atoms with Gasteiger partial charge in [0.25, 0.3) is 0 Å². The topological polar surface area (TPSA) is 96.8 Å². The highest BCUT2D eigenvalue weighted by molar-refractivity contribution is 5.83. The standard InChI is InChI=1S/C18H12F3N5O2/c19-18(20,21)17-22-13-4-2-1-3-12(13)16(24-17)28-9-14-23-15(26-25-14)10-5-7-11(27)8-6-10/h1-8,27H,9H2,(H,23,25,26). The monoisotopic (exact) mass is 387 g/mol. The number of para-hydroxylation sites is 1. The summed E-state index contributed by atoms with van der Waals surface area (Å²) >= 11 is 0. The van der Waals surface area contributed by atoms with Gasteiger partial charge in [-0.15, -0.1) is 0 Å². The maximum atomic E-state index is 13.1. The highest BCUT2D eigenvalue weighted by atomic mass is 19.4. The van der Waals surface area contributed by atoms with Crippen LogP contribution >= 0.6 is 0 Å². The van der Waals surface area contributed by atoms with Gasteiger partial charge in [0.05, 0.1) is 10.9 Å². The van der Waals surface area contributed by atoms with E-state index >= 15 is 0 Å². The number of hydrogen-bond donors (Lipinski definition) is 2. The number of phenolic OH excluding ortho intramolecular Hbond substituents is 1. The number of nitrogens with zero attached hydrogens (tertiary/aromatic N) is 4. The Labute approximate surface area is 155 Å². The maximum Gasteiger partial charge on any atom is 0.451 e. The number of aromatic nitrogens is 5. The van der Waals surface area contributed by atoms with E-state index in [1.54, 1.807) is 30.3 Å². The second-order valence-corrected chi connectivity index (χ2v) is 5.81. The van der Waals surface area contributed by atoms with E-state index in [1.807, 2.05) is 0 Å². The molecule has 0 fully saturated rings. The third-order valence-electron chi connectivity index (χ3n) is 3.82. The molecule has 0 aliphatic carbocycles. The number of phenols is 1. The molecule has 0 amide bonds. The normalized spacial score (nSPS) is 11.7. The molecule has 2 heterocycles. The average molecular weight is 387 g/mol. The van der Waals surface area contributed by atoms with Crippen molar-refractivity contribution < 1.29 is 23.0 Å². The number of benzene rings is 2. The molecule has 4 aromatic rings. The number of H-pyrrole nitrogens is 1. The smallest absolute Gasteiger partial charge is 0.451 e. The molecule has 10 heteroatoms. The number of hydrogen-bond acceptors (Lipinski definition) is 6. The van der Waals surface area contributed by atoms with Crippen molar-refractivity contribution >= 4 is 10.9 Å². The first-order chi connectivity index (χ1) is 13.4. The summed E-state index contributed by atoms with van der Waals surface area (Å²) in [4.78, 5) is 11.3. The Bertz CT molecular complexity index is 1130. The first kappa shape index (κ1) is 17.7. The Morgan fingerprint density at radius 2 is 1.71 bits per heavy atom. The molecule has 28 heavy (non-hydrogen) atoms. The number of alkyl halides is 3. The summed E-state index contributed by atoms with van der Waals surface area (Å²) in [6, 6.07) is 12.5. The van der Waals surface area contributed by atoms with E-state index in [2.05, 4.69) is 25.1 Å². The molecule has 7 nitrogen and oxygen atoms in total. The van der Waals surface area contributed by atoms with Crippen LogP contribution in [0.15, 0.2) is 48.5 Å². The molecule has 2 aromatic heterocycles. The molecule has 2 N–H and O–H groups in total. The molecule has 0 aliphatic heterocycles. The van der Waals surface area contributed by atoms with Crippen molar-refractivity contribution in [3.63, 3.8) is 0 Å². The molecule has 0 unspecified atom stereocenters. The van der Waals surface area contributed by atoms with Gasteiger partial charge in [0.1, 0.15) is 12.4 Å². The Balaban J connectivity index is 1.60. The molecule has 0 saturated carbocycles. The number of halogens is 3. The summed E-state index contributed by atoms with van der Waals surface area (Å²) < 4.78 is 44.6. The number of rotatable bonds is 4. The molecular formula is C18H12F3N5O2. The minimum absolute atomic E-state index is 0.110. The van der Waals surface area contributed by atoms with Crippen LogP contribution in [-0.4, -0.2) is 30.3 Å². The van der Waals surface area contributed by atoms with Crippen molar-refractivity contribution in [1.29, 1.82) is 0 Å². The summed E-state index contributed by atoms with van der Waals surface area (Å²) in [5, 5.41) is 16.4. The molecule has 0 aliphatic rings. The number of ether oxygens (including phenoxy) is 1. The Morgan fingerprint density at radius 1 is 0.964 bits per heavy atom. The second kappa shape index (κ2) is 6.80. The van der Waals surface area contributed by atoms with Gasteiger partial charge >= 0.3 is 6.18 Å². The van der Waals surface area contributed by atoms with Crippen molar-refractivity contribution in [3.05, 3.63) is 60.2 Å². The predicted octanol–water partition coefficient (Wildman–Crippen LogP) is 3.72. The fourth-order valence-corrected chi connectivity index (χ4v) is 2.52. The highest BCUT2D eigenvalue weighted by Gasteiger charge is 2.35. The van der Waals surface area contributed by atoms with Crippen molar-refractivity contribution in [2.45, 2.75) is 12.8 Å². The van der Waals surface area contributed by atoms with E-state index in [-0.39, 0.29) is 23.8 Å². The molecule has 0 radical (unpaired) electrons. The molecular weight excluding hydrogens is 375 g/mol. The van der Waals surface area contributed by atoms with Gasteiger partial charge in [-0.1, -0.05) is 12.1 Å². The zero-order chi connectivity index (χ0) is 19.7. The lowest BCUT2D eigenvalue weighted by Crippen LogP contribution is -2.12. The van der Waals surface area contributed by atoms with Gasteiger partial charge in [-0.3, -0.25) is 5.10 Å². The van der Waals surface area contributed by atoms with Crippen molar-refractivity contribution in [3.8, 4) is 23.0 Å². The minimum atomic E-state index is -4.69. The fraction of sp³-hybridized carbons (Fsp3) is 0.111. The molecule has 0 bridgehead atoms. The molecule has 142 valence electrons. The minimum Gasteiger partial charge on any atom is -0.508 e. The Hall–Kier alpha value is -3.69. The van der Waals surface area contributed by atoms with Crippen molar-refractivity contribution in [2.75, 3.05) is 0 Å². The molecule has 4 rings (SSSR count). The number of aromatic hydroxyl groups is 1. The van der Waals surface area contributed by atoms with Gasteiger partial charge in [0.15, 0.2) is 11.6 Å². The third-order valence-corrected chi connectivity index (χ3v) is 3.82. The van der Waals surface area contributed by atoms with Crippen LogP contribution in [0.5, 0.6) is 11.6 Å². The highest BCUT2D eigenvalue weighted by Crippen LogP contribution is 2.31. The quantitative estimate of drug-likeness (QED) is 0.554. The lowest BCUT2D eigenvalue weighted by Gasteiger charge is -2.10. The predicted molar refractivity (Wildman–Crippen MR) is 92.4 cm³/mol. The van der Waals surface area contributed by atoms with Gasteiger partial charge in [-0.2, -0.15) is 23.3 Å². The largest absolute Gasteiger partial charge is 0.508 e. The van der Waals surface area contributed by atoms with Crippen LogP contribution in [0, 0.1) is 0 Å². The van der Waals surface area contributed by atoms with E-state index in [9.17, 15) is 18.3 Å². The first-order valence-corrected chi connectivity index (χ1v) is 8.07. The van der Waals surface area contributed by atoms with Gasteiger partial charge in [0, 0.05) is 5.56 Å². The third kappa shape index (κ3) is 3.56. The summed E-state index contributed by atoms with van der Waals surface area (Å²) in [5.74, 6) is -0.690. The fourth-order valence-electron chi connectivity index (χ4n) is 2.52. The van der Waals surface area contributed by atoms with Crippen LogP contribution < -0.4 is 4.74 Å². The lowest BCUT2D eigenvalue weighted by atomic mass is 10.2. The molecule has 0 atom stereocenters. The van der Waals surface area contributed by atoms with E-state index in [1.165, 1.54) is 18.2 Å². The van der Waals surface area contributed by atoms with Gasteiger partial charge < -0.3 is 9.84 Å². The van der Waals surface area contributed by atoms with Gasteiger partial charge in [0.2, 0.25) is 11.7 Å². The van der Waals surface area contributed by atoms with Crippen LogP contribution in [0.25, 0.3) is 22.3 Å². The summed E-state index contributed by atoms with van der Waals surface area (Å²) in [7, 11) is 0. The number of nitrogens with one attached hydrogen (secondary N) is 1. The second-order valence-electron chi connectivity index (χ2n) is 5.81. The van der Waals surface area contributed by atoms with Gasteiger partial charge in [-0.05, 0) is 36.4 Å². The maximum absolute atomic E-state index is 13.1. The molecule has 0 spiro atoms. The van der Waals surface area contributed by atoms with Crippen LogP contribution in [0.1, 0.15) is 11.6 Å². The van der Waals surface area contributed by atoms with E-state index < -0.39 is 12.0 Å². The summed E-state index contributed by atoms with van der Waals surface area (Å²) in [6.45, 7) is -0.163. The number of fused-ring (bicyclic) bond motifs is 1. The zero-order valence-corrected chi connectivity index (χ0v) is 14.1. The lowest BCUT2D eigenvalue weighted by molar-refractivity contribution is -0.145. The van der Waals surface area contributed by atoms with Crippen molar-refractivity contribution in [2.24, 2.45) is 0 Å².